The molecule has 0 saturated carbocycles. The highest BCUT2D eigenvalue weighted by atomic mass is 79.9. The highest BCUT2D eigenvalue weighted by molar-refractivity contribution is 9.10. The van der Waals surface area contributed by atoms with E-state index in [9.17, 15) is 9.90 Å². The molecule has 5 nitrogen and oxygen atoms in total. The quantitative estimate of drug-likeness (QED) is 0.634. The van der Waals surface area contributed by atoms with Crippen LogP contribution in [0.3, 0.4) is 0 Å². The largest absolute Gasteiger partial charge is 0.504 e. The Hall–Kier alpha value is -2.47. The number of rotatable bonds is 4. The summed E-state index contributed by atoms with van der Waals surface area (Å²) in [5.74, 6) is 1.41. The number of aromatic hydroxyl groups is 1. The molecule has 0 aromatic heterocycles. The van der Waals surface area contributed by atoms with Gasteiger partial charge in [-0.2, -0.15) is 0 Å². The lowest BCUT2D eigenvalue weighted by molar-refractivity contribution is 0.104. The summed E-state index contributed by atoms with van der Waals surface area (Å²) in [6.45, 7) is 0.980. The summed E-state index contributed by atoms with van der Waals surface area (Å²) in [4.78, 5) is 12.3. The number of benzene rings is 2. The number of methoxy groups -OCH3 is 1. The van der Waals surface area contributed by atoms with E-state index in [1.54, 1.807) is 30.3 Å². The van der Waals surface area contributed by atoms with Gasteiger partial charge in [0.2, 0.25) is 0 Å². The van der Waals surface area contributed by atoms with Crippen molar-refractivity contribution < 1.29 is 24.1 Å². The number of carbonyl (C=O) groups excluding carboxylic acids is 1. The lowest BCUT2D eigenvalue weighted by Gasteiger charge is -2.18. The second-order valence-electron chi connectivity index (χ2n) is 5.10. The average Bonchev–Trinajstić information content (AvgIpc) is 2.61. The Morgan fingerprint density at radius 1 is 1.21 bits per heavy atom. The van der Waals surface area contributed by atoms with Gasteiger partial charge in [0.05, 0.1) is 7.11 Å². The molecule has 2 aromatic carbocycles. The Balaban J connectivity index is 1.82. The monoisotopic (exact) mass is 390 g/mol. The lowest BCUT2D eigenvalue weighted by atomic mass is 10.1. The molecule has 0 fully saturated rings. The van der Waals surface area contributed by atoms with Crippen molar-refractivity contribution in [1.82, 2.24) is 0 Å². The van der Waals surface area contributed by atoms with Crippen LogP contribution in [-0.4, -0.2) is 31.2 Å². The minimum absolute atomic E-state index is 0.00660. The normalized spacial score (nSPS) is 13.1. The third-order valence-electron chi connectivity index (χ3n) is 3.54. The summed E-state index contributed by atoms with van der Waals surface area (Å²) in [6, 6.07) is 8.26. The van der Waals surface area contributed by atoms with Gasteiger partial charge in [-0.15, -0.1) is 0 Å². The molecule has 124 valence electrons. The van der Waals surface area contributed by atoms with Crippen LogP contribution in [0.25, 0.3) is 6.08 Å². The molecule has 1 N–H and O–H groups in total. The predicted octanol–water partition coefficient (Wildman–Crippen LogP) is 3.83. The number of fused-ring (bicyclic) bond motifs is 1. The number of ketones is 1. The summed E-state index contributed by atoms with van der Waals surface area (Å²) in [5.41, 5.74) is 1.17. The Morgan fingerprint density at radius 2 is 1.96 bits per heavy atom. The summed E-state index contributed by atoms with van der Waals surface area (Å²) in [7, 11) is 1.47. The van der Waals surface area contributed by atoms with E-state index in [1.165, 1.54) is 19.3 Å². The number of hydrogen-bond donors (Lipinski definition) is 1. The fraction of sp³-hybridized carbons (Fsp3) is 0.167. The van der Waals surface area contributed by atoms with Crippen molar-refractivity contribution in [3.05, 3.63) is 52.0 Å². The van der Waals surface area contributed by atoms with E-state index in [0.717, 1.165) is 0 Å². The third-order valence-corrected chi connectivity index (χ3v) is 4.23. The molecule has 0 aliphatic carbocycles. The first-order valence-corrected chi connectivity index (χ1v) is 8.06. The van der Waals surface area contributed by atoms with Crippen LogP contribution in [0.4, 0.5) is 0 Å². The van der Waals surface area contributed by atoms with Crippen LogP contribution in [0.2, 0.25) is 0 Å². The molecule has 1 aliphatic heterocycles. The van der Waals surface area contributed by atoms with Crippen molar-refractivity contribution in [3.8, 4) is 23.0 Å². The fourth-order valence-corrected chi connectivity index (χ4v) is 2.76. The van der Waals surface area contributed by atoms with Crippen LogP contribution >= 0.6 is 15.9 Å². The SMILES string of the molecule is COc1cc(Br)c(/C=C/C(=O)c2ccc3c(c2)OCCO3)cc1O. The van der Waals surface area contributed by atoms with E-state index in [2.05, 4.69) is 15.9 Å². The summed E-state index contributed by atoms with van der Waals surface area (Å²) in [5, 5.41) is 9.84. The van der Waals surface area contributed by atoms with E-state index in [1.807, 2.05) is 0 Å². The molecule has 0 saturated heterocycles. The average molecular weight is 391 g/mol. The fourth-order valence-electron chi connectivity index (χ4n) is 2.31. The zero-order valence-corrected chi connectivity index (χ0v) is 14.5. The predicted molar refractivity (Wildman–Crippen MR) is 93.2 cm³/mol. The lowest BCUT2D eigenvalue weighted by Crippen LogP contribution is -2.15. The molecular formula is C18H15BrO5. The number of allylic oxidation sites excluding steroid dienone is 1. The zero-order chi connectivity index (χ0) is 17.1. The van der Waals surface area contributed by atoms with Gasteiger partial charge < -0.3 is 19.3 Å². The van der Waals surface area contributed by atoms with Crippen LogP contribution in [-0.2, 0) is 0 Å². The highest BCUT2D eigenvalue weighted by Gasteiger charge is 2.14. The third kappa shape index (κ3) is 3.38. The number of halogens is 1. The van der Waals surface area contributed by atoms with Crippen LogP contribution in [0, 0.1) is 0 Å². The van der Waals surface area contributed by atoms with Gasteiger partial charge in [0, 0.05) is 10.0 Å². The summed E-state index contributed by atoms with van der Waals surface area (Å²) < 4.78 is 16.7. The van der Waals surface area contributed by atoms with Gasteiger partial charge in [-0.05, 0) is 48.0 Å². The smallest absolute Gasteiger partial charge is 0.185 e. The van der Waals surface area contributed by atoms with Crippen molar-refractivity contribution >= 4 is 27.8 Å². The van der Waals surface area contributed by atoms with E-state index in [0.29, 0.717) is 46.1 Å². The van der Waals surface area contributed by atoms with Crippen molar-refractivity contribution in [2.75, 3.05) is 20.3 Å². The van der Waals surface area contributed by atoms with Crippen molar-refractivity contribution in [2.45, 2.75) is 0 Å². The first-order chi connectivity index (χ1) is 11.6. The number of phenolic OH excluding ortho intramolecular Hbond substituents is 1. The van der Waals surface area contributed by atoms with Crippen LogP contribution in [0.1, 0.15) is 15.9 Å². The molecule has 0 unspecified atom stereocenters. The molecule has 1 heterocycles. The Bertz CT molecular complexity index is 813. The molecule has 0 atom stereocenters. The minimum Gasteiger partial charge on any atom is -0.504 e. The van der Waals surface area contributed by atoms with Crippen molar-refractivity contribution in [2.24, 2.45) is 0 Å². The molecule has 0 amide bonds. The Kier molecular flexibility index (Phi) is 4.76. The maximum atomic E-state index is 12.3. The number of phenols is 1. The van der Waals surface area contributed by atoms with Gasteiger partial charge in [0.15, 0.2) is 28.8 Å². The van der Waals surface area contributed by atoms with Crippen LogP contribution < -0.4 is 14.2 Å². The number of hydrogen-bond acceptors (Lipinski definition) is 5. The number of ether oxygens (including phenoxy) is 3. The van der Waals surface area contributed by atoms with Crippen molar-refractivity contribution in [3.63, 3.8) is 0 Å². The standard InChI is InChI=1S/C18H15BrO5/c1-22-17-10-13(19)11(8-15(17)21)2-4-14(20)12-3-5-16-18(9-12)24-7-6-23-16/h2-5,8-10,21H,6-7H2,1H3/b4-2+. The van der Waals surface area contributed by atoms with Gasteiger partial charge in [-0.1, -0.05) is 15.9 Å². The van der Waals surface area contributed by atoms with Crippen LogP contribution in [0.5, 0.6) is 23.0 Å². The van der Waals surface area contributed by atoms with E-state index >= 15 is 0 Å². The molecule has 0 bridgehead atoms. The second kappa shape index (κ2) is 6.97. The molecular weight excluding hydrogens is 376 g/mol. The molecule has 0 spiro atoms. The maximum Gasteiger partial charge on any atom is 0.185 e. The first-order valence-electron chi connectivity index (χ1n) is 7.27. The molecule has 2 aromatic rings. The van der Waals surface area contributed by atoms with Gasteiger partial charge in [-0.3, -0.25) is 4.79 Å². The molecule has 1 aliphatic rings. The second-order valence-corrected chi connectivity index (χ2v) is 5.96. The minimum atomic E-state index is -0.172. The van der Waals surface area contributed by atoms with Gasteiger partial charge in [0.1, 0.15) is 13.2 Å². The van der Waals surface area contributed by atoms with E-state index in [4.69, 9.17) is 14.2 Å². The maximum absolute atomic E-state index is 12.3. The summed E-state index contributed by atoms with van der Waals surface area (Å²) >= 11 is 3.39. The summed E-state index contributed by atoms with van der Waals surface area (Å²) in [6.07, 6.45) is 3.07. The molecule has 0 radical (unpaired) electrons. The van der Waals surface area contributed by atoms with Gasteiger partial charge >= 0.3 is 0 Å². The highest BCUT2D eigenvalue weighted by Crippen LogP contribution is 2.33. The zero-order valence-electron chi connectivity index (χ0n) is 12.9. The Labute approximate surface area is 147 Å². The van der Waals surface area contributed by atoms with Gasteiger partial charge in [-0.25, -0.2) is 0 Å². The Morgan fingerprint density at radius 3 is 2.71 bits per heavy atom. The first kappa shape index (κ1) is 16.4. The van der Waals surface area contributed by atoms with E-state index in [-0.39, 0.29) is 11.5 Å². The topological polar surface area (TPSA) is 65.0 Å². The molecule has 6 heteroatoms. The van der Waals surface area contributed by atoms with Crippen LogP contribution in [0.15, 0.2) is 40.9 Å². The molecule has 24 heavy (non-hydrogen) atoms. The van der Waals surface area contributed by atoms with Crippen molar-refractivity contribution in [1.29, 1.82) is 0 Å². The van der Waals surface area contributed by atoms with E-state index < -0.39 is 0 Å². The number of carbonyl (C=O) groups is 1. The molecule has 3 rings (SSSR count). The van der Waals surface area contributed by atoms with Gasteiger partial charge in [0.25, 0.3) is 0 Å².